The predicted molar refractivity (Wildman–Crippen MR) is 66.2 cm³/mol. The standard InChI is InChI=1S/C10H19N3O3.ClH/c1-13-5-3-11-8(10(13)15)7-9(14)12-4-6-16-2;/h8,11H,3-7H2,1-2H3,(H,12,14);1H. The second-order valence-corrected chi connectivity index (χ2v) is 3.81. The first kappa shape index (κ1) is 16.1. The molecule has 0 bridgehead atoms. The van der Waals surface area contributed by atoms with E-state index in [4.69, 9.17) is 4.74 Å². The molecule has 0 aliphatic carbocycles. The van der Waals surface area contributed by atoms with E-state index < -0.39 is 0 Å². The number of likely N-dealkylation sites (N-methyl/N-ethyl adjacent to an activating group) is 1. The van der Waals surface area contributed by atoms with Crippen LogP contribution >= 0.6 is 12.4 Å². The SMILES string of the molecule is COCCNC(=O)CC1NCCN(C)C1=O.Cl. The van der Waals surface area contributed by atoms with Crippen LogP contribution in [0.4, 0.5) is 0 Å². The van der Waals surface area contributed by atoms with E-state index in [-0.39, 0.29) is 36.7 Å². The summed E-state index contributed by atoms with van der Waals surface area (Å²) in [4.78, 5) is 24.8. The molecule has 17 heavy (non-hydrogen) atoms. The summed E-state index contributed by atoms with van der Waals surface area (Å²) in [5, 5.41) is 5.73. The molecule has 1 heterocycles. The summed E-state index contributed by atoms with van der Waals surface area (Å²) in [7, 11) is 3.33. The molecule has 0 spiro atoms. The highest BCUT2D eigenvalue weighted by molar-refractivity contribution is 5.88. The third kappa shape index (κ3) is 5.34. The number of piperazine rings is 1. The first-order valence-electron chi connectivity index (χ1n) is 5.39. The fraction of sp³-hybridized carbons (Fsp3) is 0.800. The van der Waals surface area contributed by atoms with Gasteiger partial charge in [0.05, 0.1) is 19.1 Å². The van der Waals surface area contributed by atoms with Crippen LogP contribution in [-0.2, 0) is 14.3 Å². The monoisotopic (exact) mass is 265 g/mol. The highest BCUT2D eigenvalue weighted by Gasteiger charge is 2.27. The van der Waals surface area contributed by atoms with Crippen LogP contribution in [0, 0.1) is 0 Å². The van der Waals surface area contributed by atoms with Crippen molar-refractivity contribution in [2.45, 2.75) is 12.5 Å². The molecule has 0 aromatic heterocycles. The molecular weight excluding hydrogens is 246 g/mol. The van der Waals surface area contributed by atoms with Gasteiger partial charge in [0.15, 0.2) is 0 Å². The van der Waals surface area contributed by atoms with Gasteiger partial charge < -0.3 is 20.3 Å². The number of amides is 2. The Morgan fingerprint density at radius 1 is 1.65 bits per heavy atom. The van der Waals surface area contributed by atoms with Gasteiger partial charge in [-0.25, -0.2) is 0 Å². The lowest BCUT2D eigenvalue weighted by Crippen LogP contribution is -2.54. The van der Waals surface area contributed by atoms with Crippen molar-refractivity contribution in [3.05, 3.63) is 0 Å². The average Bonchev–Trinajstić information content (AvgIpc) is 2.25. The third-order valence-electron chi connectivity index (χ3n) is 2.53. The maximum atomic E-state index is 11.6. The Balaban J connectivity index is 0.00000256. The third-order valence-corrected chi connectivity index (χ3v) is 2.53. The van der Waals surface area contributed by atoms with Crippen molar-refractivity contribution in [1.29, 1.82) is 0 Å². The number of nitrogens with one attached hydrogen (secondary N) is 2. The summed E-state index contributed by atoms with van der Waals surface area (Å²) < 4.78 is 4.81. The molecule has 7 heteroatoms. The van der Waals surface area contributed by atoms with Gasteiger partial charge in [-0.15, -0.1) is 12.4 Å². The zero-order chi connectivity index (χ0) is 12.0. The lowest BCUT2D eigenvalue weighted by atomic mass is 10.1. The van der Waals surface area contributed by atoms with E-state index in [0.717, 1.165) is 6.54 Å². The van der Waals surface area contributed by atoms with Crippen molar-refractivity contribution < 1.29 is 14.3 Å². The Labute approximate surface area is 107 Å². The number of methoxy groups -OCH3 is 1. The Hall–Kier alpha value is -0.850. The van der Waals surface area contributed by atoms with Crippen LogP contribution in [0.25, 0.3) is 0 Å². The zero-order valence-electron chi connectivity index (χ0n) is 10.2. The number of ether oxygens (including phenoxy) is 1. The average molecular weight is 266 g/mol. The minimum Gasteiger partial charge on any atom is -0.383 e. The smallest absolute Gasteiger partial charge is 0.240 e. The molecule has 1 rings (SSSR count). The molecule has 0 aromatic carbocycles. The van der Waals surface area contributed by atoms with E-state index in [2.05, 4.69) is 10.6 Å². The topological polar surface area (TPSA) is 70.7 Å². The van der Waals surface area contributed by atoms with Crippen LogP contribution in [-0.4, -0.2) is 63.2 Å². The van der Waals surface area contributed by atoms with E-state index in [0.29, 0.717) is 19.7 Å². The summed E-state index contributed by atoms with van der Waals surface area (Å²) >= 11 is 0. The van der Waals surface area contributed by atoms with Gasteiger partial charge in [0, 0.05) is 33.8 Å². The fourth-order valence-electron chi connectivity index (χ4n) is 1.58. The largest absolute Gasteiger partial charge is 0.383 e. The van der Waals surface area contributed by atoms with Gasteiger partial charge >= 0.3 is 0 Å². The van der Waals surface area contributed by atoms with E-state index in [1.165, 1.54) is 0 Å². The number of hydrogen-bond acceptors (Lipinski definition) is 4. The number of hydrogen-bond donors (Lipinski definition) is 2. The van der Waals surface area contributed by atoms with Crippen LogP contribution in [0.2, 0.25) is 0 Å². The molecular formula is C10H20ClN3O3. The van der Waals surface area contributed by atoms with E-state index in [1.807, 2.05) is 0 Å². The van der Waals surface area contributed by atoms with Gasteiger partial charge in [0.1, 0.15) is 0 Å². The second-order valence-electron chi connectivity index (χ2n) is 3.81. The molecule has 0 aromatic rings. The van der Waals surface area contributed by atoms with Crippen LogP contribution in [0.5, 0.6) is 0 Å². The van der Waals surface area contributed by atoms with Gasteiger partial charge in [0.25, 0.3) is 0 Å². The normalized spacial score (nSPS) is 19.8. The Kier molecular flexibility index (Phi) is 7.86. The molecule has 1 aliphatic heterocycles. The van der Waals surface area contributed by atoms with E-state index in [9.17, 15) is 9.59 Å². The van der Waals surface area contributed by atoms with Crippen molar-refractivity contribution in [3.8, 4) is 0 Å². The van der Waals surface area contributed by atoms with Crippen molar-refractivity contribution in [2.75, 3.05) is 40.4 Å². The number of rotatable bonds is 5. The number of halogens is 1. The lowest BCUT2D eigenvalue weighted by Gasteiger charge is -2.29. The number of carbonyl (C=O) groups excluding carboxylic acids is 2. The van der Waals surface area contributed by atoms with Crippen molar-refractivity contribution in [1.82, 2.24) is 15.5 Å². The predicted octanol–water partition coefficient (Wildman–Crippen LogP) is -1.01. The van der Waals surface area contributed by atoms with Crippen molar-refractivity contribution in [3.63, 3.8) is 0 Å². The van der Waals surface area contributed by atoms with Gasteiger partial charge in [-0.05, 0) is 0 Å². The molecule has 1 unspecified atom stereocenters. The quantitative estimate of drug-likeness (QED) is 0.625. The molecule has 100 valence electrons. The van der Waals surface area contributed by atoms with Crippen LogP contribution in [0.1, 0.15) is 6.42 Å². The summed E-state index contributed by atoms with van der Waals surface area (Å²) in [5.41, 5.74) is 0. The van der Waals surface area contributed by atoms with Gasteiger partial charge in [0.2, 0.25) is 11.8 Å². The minimum absolute atomic E-state index is 0. The first-order valence-corrected chi connectivity index (χ1v) is 5.39. The summed E-state index contributed by atoms with van der Waals surface area (Å²) in [6, 6.07) is -0.388. The van der Waals surface area contributed by atoms with Crippen molar-refractivity contribution >= 4 is 24.2 Å². The van der Waals surface area contributed by atoms with Crippen LogP contribution < -0.4 is 10.6 Å². The minimum atomic E-state index is -0.388. The molecule has 0 saturated carbocycles. The highest BCUT2D eigenvalue weighted by atomic mass is 35.5. The van der Waals surface area contributed by atoms with E-state index >= 15 is 0 Å². The molecule has 1 saturated heterocycles. The number of carbonyl (C=O) groups is 2. The maximum Gasteiger partial charge on any atom is 0.240 e. The Bertz CT molecular complexity index is 263. The number of nitrogens with zero attached hydrogens (tertiary/aromatic N) is 1. The zero-order valence-corrected chi connectivity index (χ0v) is 11.0. The summed E-state index contributed by atoms with van der Waals surface area (Å²) in [5.74, 6) is -0.147. The Morgan fingerprint density at radius 2 is 2.35 bits per heavy atom. The lowest BCUT2D eigenvalue weighted by molar-refractivity contribution is -0.136. The molecule has 1 aliphatic rings. The van der Waals surface area contributed by atoms with Crippen LogP contribution in [0.15, 0.2) is 0 Å². The van der Waals surface area contributed by atoms with Gasteiger partial charge in [-0.3, -0.25) is 9.59 Å². The van der Waals surface area contributed by atoms with Crippen molar-refractivity contribution in [2.24, 2.45) is 0 Å². The molecule has 1 fully saturated rings. The highest BCUT2D eigenvalue weighted by Crippen LogP contribution is 2.02. The molecule has 1 atom stereocenters. The molecule has 0 radical (unpaired) electrons. The van der Waals surface area contributed by atoms with Gasteiger partial charge in [-0.2, -0.15) is 0 Å². The van der Waals surface area contributed by atoms with Crippen LogP contribution in [0.3, 0.4) is 0 Å². The molecule has 2 N–H and O–H groups in total. The van der Waals surface area contributed by atoms with Gasteiger partial charge in [-0.1, -0.05) is 0 Å². The molecule has 6 nitrogen and oxygen atoms in total. The fourth-order valence-corrected chi connectivity index (χ4v) is 1.58. The second kappa shape index (κ2) is 8.27. The Morgan fingerprint density at radius 3 is 3.00 bits per heavy atom. The molecule has 2 amide bonds. The summed E-state index contributed by atoms with van der Waals surface area (Å²) in [6.45, 7) is 2.39. The summed E-state index contributed by atoms with van der Waals surface area (Å²) in [6.07, 6.45) is 0.187. The maximum absolute atomic E-state index is 11.6. The first-order chi connectivity index (χ1) is 7.65. The van der Waals surface area contributed by atoms with E-state index in [1.54, 1.807) is 19.1 Å².